The van der Waals surface area contributed by atoms with Crippen molar-refractivity contribution in [2.45, 2.75) is 19.5 Å². The van der Waals surface area contributed by atoms with Gasteiger partial charge in [0, 0.05) is 32.4 Å². The van der Waals surface area contributed by atoms with Crippen molar-refractivity contribution in [2.75, 3.05) is 18.9 Å². The van der Waals surface area contributed by atoms with E-state index in [1.807, 2.05) is 31.3 Å². The molecule has 29 heavy (non-hydrogen) atoms. The number of anilines is 1. The van der Waals surface area contributed by atoms with E-state index in [4.69, 9.17) is 4.42 Å². The Bertz CT molecular complexity index is 1010. The Morgan fingerprint density at radius 2 is 1.97 bits per heavy atom. The largest absolute Gasteiger partial charge is 0.459 e. The summed E-state index contributed by atoms with van der Waals surface area (Å²) in [5.74, 6) is 0.909. The second-order valence-corrected chi connectivity index (χ2v) is 6.97. The zero-order valence-corrected chi connectivity index (χ0v) is 16.4. The summed E-state index contributed by atoms with van der Waals surface area (Å²) in [6.45, 7) is 2.42. The fourth-order valence-corrected chi connectivity index (χ4v) is 3.55. The van der Waals surface area contributed by atoms with Gasteiger partial charge in [-0.1, -0.05) is 36.4 Å². The average molecular weight is 388 g/mol. The first-order chi connectivity index (χ1) is 14.2. The molecule has 148 valence electrons. The lowest BCUT2D eigenvalue weighted by Crippen LogP contribution is -2.43. The number of amides is 1. The Labute approximate surface area is 170 Å². The van der Waals surface area contributed by atoms with E-state index in [2.05, 4.69) is 44.8 Å². The number of rotatable bonds is 4. The van der Waals surface area contributed by atoms with Gasteiger partial charge in [-0.3, -0.25) is 9.79 Å². The van der Waals surface area contributed by atoms with Gasteiger partial charge in [-0.15, -0.1) is 0 Å². The normalized spacial score (nSPS) is 13.7. The molecule has 4 rings (SSSR count). The van der Waals surface area contributed by atoms with Crippen molar-refractivity contribution in [1.82, 2.24) is 10.2 Å². The highest BCUT2D eigenvalue weighted by atomic mass is 16.3. The smallest absolute Gasteiger partial charge is 0.291 e. The van der Waals surface area contributed by atoms with E-state index in [1.54, 1.807) is 12.1 Å². The van der Waals surface area contributed by atoms with Gasteiger partial charge in [-0.05, 0) is 47.4 Å². The van der Waals surface area contributed by atoms with Crippen LogP contribution in [0.5, 0.6) is 0 Å². The lowest BCUT2D eigenvalue weighted by Gasteiger charge is -2.31. The van der Waals surface area contributed by atoms with Crippen molar-refractivity contribution < 1.29 is 9.21 Å². The van der Waals surface area contributed by atoms with Crippen LogP contribution in [0.4, 0.5) is 5.69 Å². The number of nitrogens with zero attached hydrogens (tertiary/aromatic N) is 2. The third-order valence-electron chi connectivity index (χ3n) is 5.02. The lowest BCUT2D eigenvalue weighted by molar-refractivity contribution is 0.0996. The number of aliphatic imine (C=N–C) groups is 1. The third kappa shape index (κ3) is 4.48. The molecular weight excluding hydrogens is 364 g/mol. The standard InChI is InChI=1S/C23H24N4O2/c1-24-23(27-12-11-18-7-2-3-8-19(18)16-27)25-15-17-6-4-9-20(14-17)26-22(28)21-10-5-13-29-21/h2-10,13-14H,11-12,15-16H2,1H3,(H,24,25)(H,26,28). The first-order valence-corrected chi connectivity index (χ1v) is 9.69. The highest BCUT2D eigenvalue weighted by Crippen LogP contribution is 2.19. The number of hydrogen-bond acceptors (Lipinski definition) is 3. The first-order valence-electron chi connectivity index (χ1n) is 9.69. The van der Waals surface area contributed by atoms with Crippen molar-refractivity contribution in [1.29, 1.82) is 0 Å². The Morgan fingerprint density at radius 3 is 2.76 bits per heavy atom. The summed E-state index contributed by atoms with van der Waals surface area (Å²) < 4.78 is 5.14. The Hall–Kier alpha value is -3.54. The van der Waals surface area contributed by atoms with Crippen molar-refractivity contribution in [3.8, 4) is 0 Å². The van der Waals surface area contributed by atoms with Crippen LogP contribution in [0.2, 0.25) is 0 Å². The average Bonchev–Trinajstić information content (AvgIpc) is 3.29. The van der Waals surface area contributed by atoms with E-state index in [9.17, 15) is 4.79 Å². The van der Waals surface area contributed by atoms with E-state index in [1.165, 1.54) is 17.4 Å². The molecule has 0 saturated heterocycles. The Balaban J connectivity index is 1.37. The molecule has 6 heteroatoms. The van der Waals surface area contributed by atoms with Crippen molar-refractivity contribution in [3.05, 3.63) is 89.4 Å². The second kappa shape index (κ2) is 8.65. The number of carbonyl (C=O) groups excluding carboxylic acids is 1. The fraction of sp³-hybridized carbons (Fsp3) is 0.217. The van der Waals surface area contributed by atoms with Crippen LogP contribution in [0, 0.1) is 0 Å². The molecule has 0 radical (unpaired) electrons. The molecule has 3 aromatic rings. The molecule has 6 nitrogen and oxygen atoms in total. The van der Waals surface area contributed by atoms with E-state index >= 15 is 0 Å². The van der Waals surface area contributed by atoms with Crippen LogP contribution in [0.15, 0.2) is 76.3 Å². The molecular formula is C23H24N4O2. The summed E-state index contributed by atoms with van der Waals surface area (Å²) in [5.41, 5.74) is 4.55. The molecule has 0 unspecified atom stereocenters. The van der Waals surface area contributed by atoms with Gasteiger partial charge in [0.25, 0.3) is 5.91 Å². The van der Waals surface area contributed by atoms with Crippen molar-refractivity contribution in [2.24, 2.45) is 4.99 Å². The maximum atomic E-state index is 12.2. The van der Waals surface area contributed by atoms with Gasteiger partial charge in [0.2, 0.25) is 0 Å². The van der Waals surface area contributed by atoms with Gasteiger partial charge in [0.15, 0.2) is 11.7 Å². The monoisotopic (exact) mass is 388 g/mol. The minimum Gasteiger partial charge on any atom is -0.459 e. The minimum atomic E-state index is -0.261. The summed E-state index contributed by atoms with van der Waals surface area (Å²) in [6, 6.07) is 19.7. The van der Waals surface area contributed by atoms with Gasteiger partial charge < -0.3 is 20.0 Å². The van der Waals surface area contributed by atoms with Crippen LogP contribution < -0.4 is 10.6 Å². The number of carbonyl (C=O) groups is 1. The summed E-state index contributed by atoms with van der Waals surface area (Å²) in [4.78, 5) is 18.9. The van der Waals surface area contributed by atoms with Gasteiger partial charge in [-0.2, -0.15) is 0 Å². The topological polar surface area (TPSA) is 69.9 Å². The van der Waals surface area contributed by atoms with E-state index in [-0.39, 0.29) is 5.91 Å². The van der Waals surface area contributed by atoms with Crippen LogP contribution in [-0.2, 0) is 19.5 Å². The van der Waals surface area contributed by atoms with Crippen LogP contribution in [0.3, 0.4) is 0 Å². The van der Waals surface area contributed by atoms with Crippen molar-refractivity contribution >= 4 is 17.6 Å². The Morgan fingerprint density at radius 1 is 1.10 bits per heavy atom. The molecule has 0 aliphatic carbocycles. The summed E-state index contributed by atoms with van der Waals surface area (Å²) in [5, 5.41) is 6.30. The molecule has 0 saturated carbocycles. The van der Waals surface area contributed by atoms with Crippen LogP contribution in [-0.4, -0.2) is 30.4 Å². The van der Waals surface area contributed by atoms with Crippen molar-refractivity contribution in [3.63, 3.8) is 0 Å². The van der Waals surface area contributed by atoms with E-state index < -0.39 is 0 Å². The molecule has 2 aromatic carbocycles. The molecule has 2 N–H and O–H groups in total. The number of guanidine groups is 1. The quantitative estimate of drug-likeness (QED) is 0.529. The molecule has 1 aliphatic heterocycles. The fourth-order valence-electron chi connectivity index (χ4n) is 3.55. The van der Waals surface area contributed by atoms with Crippen LogP contribution in [0.1, 0.15) is 27.2 Å². The van der Waals surface area contributed by atoms with Gasteiger partial charge in [-0.25, -0.2) is 0 Å². The van der Waals surface area contributed by atoms with Gasteiger partial charge in [0.1, 0.15) is 0 Å². The molecule has 0 fully saturated rings. The summed E-state index contributed by atoms with van der Waals surface area (Å²) >= 11 is 0. The SMILES string of the molecule is CN=C(NCc1cccc(NC(=O)c2ccco2)c1)N1CCc2ccccc2C1. The highest BCUT2D eigenvalue weighted by molar-refractivity contribution is 6.02. The summed E-state index contributed by atoms with van der Waals surface area (Å²) in [7, 11) is 1.81. The van der Waals surface area contributed by atoms with E-state index in [0.717, 1.165) is 36.7 Å². The predicted octanol–water partition coefficient (Wildman–Crippen LogP) is 3.67. The number of benzene rings is 2. The molecule has 1 aromatic heterocycles. The molecule has 0 bridgehead atoms. The number of nitrogens with one attached hydrogen (secondary N) is 2. The molecule has 1 aliphatic rings. The number of furan rings is 1. The molecule has 2 heterocycles. The first kappa shape index (κ1) is 18.8. The molecule has 0 atom stereocenters. The van der Waals surface area contributed by atoms with E-state index in [0.29, 0.717) is 12.3 Å². The maximum absolute atomic E-state index is 12.2. The number of fused-ring (bicyclic) bond motifs is 1. The van der Waals surface area contributed by atoms with Crippen LogP contribution >= 0.6 is 0 Å². The van der Waals surface area contributed by atoms with Gasteiger partial charge >= 0.3 is 0 Å². The molecule has 1 amide bonds. The number of hydrogen-bond donors (Lipinski definition) is 2. The van der Waals surface area contributed by atoms with Crippen LogP contribution in [0.25, 0.3) is 0 Å². The minimum absolute atomic E-state index is 0.261. The third-order valence-corrected chi connectivity index (χ3v) is 5.02. The summed E-state index contributed by atoms with van der Waals surface area (Å²) in [6.07, 6.45) is 2.50. The van der Waals surface area contributed by atoms with Gasteiger partial charge in [0.05, 0.1) is 6.26 Å². The zero-order valence-electron chi connectivity index (χ0n) is 16.4. The maximum Gasteiger partial charge on any atom is 0.291 e. The highest BCUT2D eigenvalue weighted by Gasteiger charge is 2.18. The molecule has 0 spiro atoms. The zero-order chi connectivity index (χ0) is 20.1. The predicted molar refractivity (Wildman–Crippen MR) is 114 cm³/mol. The second-order valence-electron chi connectivity index (χ2n) is 6.97. The Kier molecular flexibility index (Phi) is 5.61. The lowest BCUT2D eigenvalue weighted by atomic mass is 10.0.